The summed E-state index contributed by atoms with van der Waals surface area (Å²) in [5.41, 5.74) is 1.44. The van der Waals surface area contributed by atoms with Crippen molar-refractivity contribution in [2.45, 2.75) is 0 Å². The predicted octanol–water partition coefficient (Wildman–Crippen LogP) is 3.87. The fourth-order valence-corrected chi connectivity index (χ4v) is 1.58. The maximum Gasteiger partial charge on any atom is 0.131 e. The molecule has 0 radical (unpaired) electrons. The van der Waals surface area contributed by atoms with Crippen molar-refractivity contribution in [2.75, 3.05) is 0 Å². The van der Waals surface area contributed by atoms with Crippen LogP contribution in [0.3, 0.4) is 0 Å². The minimum Gasteiger partial charge on any atom is -0.255 e. The standard InChI is InChI=1S/C10H6Cl2N2.ClH/c11-7-5-9(14-10(12)6-7)8-3-1-2-4-13-8;/h1-6H;1H. The van der Waals surface area contributed by atoms with E-state index in [-0.39, 0.29) is 12.4 Å². The van der Waals surface area contributed by atoms with E-state index < -0.39 is 0 Å². The normalized spacial score (nSPS) is 9.47. The van der Waals surface area contributed by atoms with Crippen molar-refractivity contribution in [3.63, 3.8) is 0 Å². The average molecular weight is 262 g/mol. The van der Waals surface area contributed by atoms with Crippen molar-refractivity contribution in [3.05, 3.63) is 46.7 Å². The third kappa shape index (κ3) is 3.06. The van der Waals surface area contributed by atoms with Crippen molar-refractivity contribution in [1.29, 1.82) is 0 Å². The summed E-state index contributed by atoms with van der Waals surface area (Å²) in [7, 11) is 0. The van der Waals surface area contributed by atoms with Gasteiger partial charge in [0.2, 0.25) is 0 Å². The van der Waals surface area contributed by atoms with Gasteiger partial charge in [0.05, 0.1) is 11.4 Å². The molecule has 2 rings (SSSR count). The lowest BCUT2D eigenvalue weighted by Crippen LogP contribution is -1.86. The van der Waals surface area contributed by atoms with E-state index in [1.54, 1.807) is 18.3 Å². The molecule has 2 heterocycles. The number of aromatic nitrogens is 2. The van der Waals surface area contributed by atoms with Crippen LogP contribution in [-0.4, -0.2) is 9.97 Å². The molecule has 2 nitrogen and oxygen atoms in total. The van der Waals surface area contributed by atoms with Crippen LogP contribution in [0.15, 0.2) is 36.5 Å². The van der Waals surface area contributed by atoms with Crippen molar-refractivity contribution in [2.24, 2.45) is 0 Å². The summed E-state index contributed by atoms with van der Waals surface area (Å²) in [6.07, 6.45) is 1.70. The van der Waals surface area contributed by atoms with Gasteiger partial charge in [-0.1, -0.05) is 29.3 Å². The summed E-state index contributed by atoms with van der Waals surface area (Å²) in [5, 5.41) is 0.934. The van der Waals surface area contributed by atoms with E-state index in [0.29, 0.717) is 15.9 Å². The van der Waals surface area contributed by atoms with Gasteiger partial charge in [0.1, 0.15) is 5.15 Å². The summed E-state index contributed by atoms with van der Waals surface area (Å²) in [4.78, 5) is 8.27. The number of hydrogen-bond donors (Lipinski definition) is 0. The fourth-order valence-electron chi connectivity index (χ4n) is 1.11. The quantitative estimate of drug-likeness (QED) is 0.728. The zero-order valence-electron chi connectivity index (χ0n) is 7.52. The highest BCUT2D eigenvalue weighted by Crippen LogP contribution is 2.21. The topological polar surface area (TPSA) is 25.8 Å². The first-order chi connectivity index (χ1) is 6.75. The van der Waals surface area contributed by atoms with Crippen LogP contribution in [0, 0.1) is 0 Å². The van der Waals surface area contributed by atoms with Crippen molar-refractivity contribution in [1.82, 2.24) is 9.97 Å². The number of hydrogen-bond acceptors (Lipinski definition) is 2. The zero-order valence-corrected chi connectivity index (χ0v) is 9.85. The van der Waals surface area contributed by atoms with Gasteiger partial charge < -0.3 is 0 Å². The Labute approximate surface area is 104 Å². The molecule has 0 aliphatic rings. The molecule has 0 bridgehead atoms. The number of rotatable bonds is 1. The molecule has 0 saturated heterocycles. The Morgan fingerprint density at radius 1 is 1.00 bits per heavy atom. The smallest absolute Gasteiger partial charge is 0.131 e. The fraction of sp³-hybridized carbons (Fsp3) is 0. The highest BCUT2D eigenvalue weighted by atomic mass is 35.5. The molecule has 0 spiro atoms. The molecule has 0 N–H and O–H groups in total. The van der Waals surface area contributed by atoms with Crippen LogP contribution >= 0.6 is 35.6 Å². The summed E-state index contributed by atoms with van der Waals surface area (Å²) >= 11 is 11.6. The van der Waals surface area contributed by atoms with Gasteiger partial charge in [-0.15, -0.1) is 12.4 Å². The van der Waals surface area contributed by atoms with Gasteiger partial charge in [-0.2, -0.15) is 0 Å². The lowest BCUT2D eigenvalue weighted by atomic mass is 10.2. The van der Waals surface area contributed by atoms with Crippen LogP contribution in [-0.2, 0) is 0 Å². The molecule has 0 unspecified atom stereocenters. The lowest BCUT2D eigenvalue weighted by Gasteiger charge is -2.00. The Bertz CT molecular complexity index is 425. The largest absolute Gasteiger partial charge is 0.255 e. The van der Waals surface area contributed by atoms with E-state index in [9.17, 15) is 0 Å². The van der Waals surface area contributed by atoms with Gasteiger partial charge in [0, 0.05) is 11.2 Å². The van der Waals surface area contributed by atoms with Gasteiger partial charge in [-0.05, 0) is 24.3 Å². The highest BCUT2D eigenvalue weighted by molar-refractivity contribution is 6.34. The Morgan fingerprint density at radius 3 is 2.40 bits per heavy atom. The van der Waals surface area contributed by atoms with E-state index in [0.717, 1.165) is 5.69 Å². The van der Waals surface area contributed by atoms with Crippen LogP contribution in [0.25, 0.3) is 11.4 Å². The van der Waals surface area contributed by atoms with Gasteiger partial charge in [0.15, 0.2) is 0 Å². The maximum absolute atomic E-state index is 5.85. The molecule has 0 atom stereocenters. The van der Waals surface area contributed by atoms with Gasteiger partial charge in [-0.25, -0.2) is 4.98 Å². The van der Waals surface area contributed by atoms with Crippen molar-refractivity contribution in [3.8, 4) is 11.4 Å². The second-order valence-corrected chi connectivity index (χ2v) is 3.53. The Hall–Kier alpha value is -0.830. The molecule has 2 aromatic heterocycles. The molecule has 0 aliphatic heterocycles. The highest BCUT2D eigenvalue weighted by Gasteiger charge is 2.02. The number of halogens is 3. The predicted molar refractivity (Wildman–Crippen MR) is 64.7 cm³/mol. The minimum absolute atomic E-state index is 0. The third-order valence-corrected chi connectivity index (χ3v) is 2.10. The third-order valence-electron chi connectivity index (χ3n) is 1.69. The number of pyridine rings is 2. The minimum atomic E-state index is 0. The van der Waals surface area contributed by atoms with Crippen LogP contribution in [0.5, 0.6) is 0 Å². The second-order valence-electron chi connectivity index (χ2n) is 2.71. The van der Waals surface area contributed by atoms with Gasteiger partial charge in [-0.3, -0.25) is 4.98 Å². The van der Waals surface area contributed by atoms with Crippen LogP contribution < -0.4 is 0 Å². The molecule has 2 aromatic rings. The molecule has 0 fully saturated rings. The van der Waals surface area contributed by atoms with E-state index >= 15 is 0 Å². The van der Waals surface area contributed by atoms with Crippen LogP contribution in [0.1, 0.15) is 0 Å². The van der Waals surface area contributed by atoms with E-state index in [1.165, 1.54) is 0 Å². The molecule has 78 valence electrons. The van der Waals surface area contributed by atoms with Gasteiger partial charge >= 0.3 is 0 Å². The van der Waals surface area contributed by atoms with E-state index in [4.69, 9.17) is 23.2 Å². The van der Waals surface area contributed by atoms with E-state index in [2.05, 4.69) is 9.97 Å². The molecule has 0 aromatic carbocycles. The lowest BCUT2D eigenvalue weighted by molar-refractivity contribution is 1.25. The first-order valence-corrected chi connectivity index (χ1v) is 4.76. The SMILES string of the molecule is Cl.Clc1cc(Cl)nc(-c2ccccn2)c1. The first kappa shape index (κ1) is 12.2. The van der Waals surface area contributed by atoms with Crippen molar-refractivity contribution < 1.29 is 0 Å². The molecular weight excluding hydrogens is 254 g/mol. The summed E-state index contributed by atoms with van der Waals surface area (Å²) in [6, 6.07) is 8.91. The molecule has 0 aliphatic carbocycles. The molecule has 15 heavy (non-hydrogen) atoms. The zero-order chi connectivity index (χ0) is 9.97. The first-order valence-electron chi connectivity index (χ1n) is 4.00. The molecule has 0 saturated carbocycles. The van der Waals surface area contributed by atoms with Crippen LogP contribution in [0.2, 0.25) is 10.2 Å². The monoisotopic (exact) mass is 260 g/mol. The maximum atomic E-state index is 5.85. The summed E-state index contributed by atoms with van der Waals surface area (Å²) < 4.78 is 0. The average Bonchev–Trinajstić information content (AvgIpc) is 2.18. The molecular formula is C10H7Cl3N2. The summed E-state index contributed by atoms with van der Waals surface area (Å²) in [5.74, 6) is 0. The van der Waals surface area contributed by atoms with Crippen LogP contribution in [0.4, 0.5) is 0 Å². The van der Waals surface area contributed by atoms with Crippen molar-refractivity contribution >= 4 is 35.6 Å². The summed E-state index contributed by atoms with van der Waals surface area (Å²) in [6.45, 7) is 0. The molecule has 0 amide bonds. The second kappa shape index (κ2) is 5.31. The number of nitrogens with zero attached hydrogens (tertiary/aromatic N) is 2. The molecule has 5 heteroatoms. The van der Waals surface area contributed by atoms with Gasteiger partial charge in [0.25, 0.3) is 0 Å². The Kier molecular flexibility index (Phi) is 4.33. The van der Waals surface area contributed by atoms with E-state index in [1.807, 2.05) is 18.2 Å². The Morgan fingerprint density at radius 2 is 1.80 bits per heavy atom. The Balaban J connectivity index is 0.00000112.